The molecular formula is C17H19NO4S. The smallest absolute Gasteiger partial charge is 0.289 e. The maximum Gasteiger partial charge on any atom is 0.289 e. The summed E-state index contributed by atoms with van der Waals surface area (Å²) in [6.07, 6.45) is 2.41. The molecule has 1 aromatic carbocycles. The Bertz CT molecular complexity index is 745. The molecule has 6 heteroatoms. The molecule has 1 aromatic heterocycles. The molecule has 0 radical (unpaired) electrons. The van der Waals surface area contributed by atoms with Gasteiger partial charge in [0.15, 0.2) is 15.6 Å². The van der Waals surface area contributed by atoms with Crippen LogP contribution in [-0.4, -0.2) is 37.6 Å². The number of carbonyl (C=O) groups is 1. The second-order valence-corrected chi connectivity index (χ2v) is 8.04. The van der Waals surface area contributed by atoms with E-state index in [2.05, 4.69) is 0 Å². The van der Waals surface area contributed by atoms with E-state index < -0.39 is 9.84 Å². The molecule has 0 unspecified atom stereocenters. The van der Waals surface area contributed by atoms with Gasteiger partial charge in [-0.05, 0) is 30.5 Å². The SMILES string of the molecule is O=C(c1ccco1)N1CCC(S(=O)(=O)Cc2ccccc2)CC1. The van der Waals surface area contributed by atoms with E-state index in [1.165, 1.54) is 6.26 Å². The fourth-order valence-corrected chi connectivity index (χ4v) is 4.72. The number of furan rings is 1. The van der Waals surface area contributed by atoms with Crippen molar-refractivity contribution in [1.29, 1.82) is 0 Å². The number of sulfone groups is 1. The summed E-state index contributed by atoms with van der Waals surface area (Å²) in [5.74, 6) is 0.189. The number of rotatable bonds is 4. The van der Waals surface area contributed by atoms with Crippen molar-refractivity contribution in [3.8, 4) is 0 Å². The molecule has 2 heterocycles. The maximum atomic E-state index is 12.5. The van der Waals surface area contributed by atoms with E-state index in [0.717, 1.165) is 5.56 Å². The average molecular weight is 333 g/mol. The normalized spacial score (nSPS) is 16.4. The van der Waals surface area contributed by atoms with E-state index in [1.807, 2.05) is 30.3 Å². The Balaban J connectivity index is 1.61. The van der Waals surface area contributed by atoms with Gasteiger partial charge in [-0.15, -0.1) is 0 Å². The molecule has 23 heavy (non-hydrogen) atoms. The van der Waals surface area contributed by atoms with Crippen LogP contribution in [0.2, 0.25) is 0 Å². The van der Waals surface area contributed by atoms with E-state index >= 15 is 0 Å². The highest BCUT2D eigenvalue weighted by Crippen LogP contribution is 2.22. The number of hydrogen-bond acceptors (Lipinski definition) is 4. The van der Waals surface area contributed by atoms with Crippen LogP contribution in [0, 0.1) is 0 Å². The molecule has 0 atom stereocenters. The molecule has 5 nitrogen and oxygen atoms in total. The van der Waals surface area contributed by atoms with Gasteiger partial charge in [0.05, 0.1) is 17.3 Å². The minimum absolute atomic E-state index is 0.0602. The lowest BCUT2D eigenvalue weighted by molar-refractivity contribution is 0.0693. The van der Waals surface area contributed by atoms with Crippen LogP contribution in [0.15, 0.2) is 53.1 Å². The first-order valence-electron chi connectivity index (χ1n) is 7.64. The van der Waals surface area contributed by atoms with Crippen molar-refractivity contribution < 1.29 is 17.6 Å². The lowest BCUT2D eigenvalue weighted by Crippen LogP contribution is -2.42. The summed E-state index contributed by atoms with van der Waals surface area (Å²) in [5.41, 5.74) is 0.807. The Kier molecular flexibility index (Phi) is 4.52. The Morgan fingerprint density at radius 3 is 2.39 bits per heavy atom. The molecule has 1 aliphatic rings. The Labute approximate surface area is 135 Å². The quantitative estimate of drug-likeness (QED) is 0.862. The van der Waals surface area contributed by atoms with Crippen molar-refractivity contribution in [2.75, 3.05) is 13.1 Å². The largest absolute Gasteiger partial charge is 0.459 e. The van der Waals surface area contributed by atoms with Crippen molar-refractivity contribution >= 4 is 15.7 Å². The summed E-state index contributed by atoms with van der Waals surface area (Å²) >= 11 is 0. The van der Waals surface area contributed by atoms with Crippen molar-refractivity contribution in [3.63, 3.8) is 0 Å². The number of piperidine rings is 1. The van der Waals surface area contributed by atoms with Crippen molar-refractivity contribution in [2.24, 2.45) is 0 Å². The molecule has 0 N–H and O–H groups in total. The summed E-state index contributed by atoms with van der Waals surface area (Å²) in [4.78, 5) is 13.9. The second-order valence-electron chi connectivity index (χ2n) is 5.76. The van der Waals surface area contributed by atoms with Gasteiger partial charge in [0.2, 0.25) is 0 Å². The molecule has 0 spiro atoms. The highest BCUT2D eigenvalue weighted by Gasteiger charge is 2.32. The summed E-state index contributed by atoms with van der Waals surface area (Å²) in [5, 5.41) is -0.386. The third kappa shape index (κ3) is 3.64. The number of likely N-dealkylation sites (tertiary alicyclic amines) is 1. The van der Waals surface area contributed by atoms with Gasteiger partial charge in [-0.2, -0.15) is 0 Å². The average Bonchev–Trinajstić information content (AvgIpc) is 3.09. The predicted octanol–water partition coefficient (Wildman–Crippen LogP) is 2.50. The van der Waals surface area contributed by atoms with Crippen LogP contribution in [0.1, 0.15) is 29.0 Å². The van der Waals surface area contributed by atoms with Gasteiger partial charge in [0.1, 0.15) is 0 Å². The summed E-state index contributed by atoms with van der Waals surface area (Å²) in [7, 11) is -3.20. The van der Waals surface area contributed by atoms with E-state index in [1.54, 1.807) is 17.0 Å². The Morgan fingerprint density at radius 2 is 1.78 bits per heavy atom. The van der Waals surface area contributed by atoms with Crippen LogP contribution in [0.5, 0.6) is 0 Å². The summed E-state index contributed by atoms with van der Waals surface area (Å²) in [6, 6.07) is 12.5. The number of hydrogen-bond donors (Lipinski definition) is 0. The van der Waals surface area contributed by atoms with Crippen LogP contribution in [-0.2, 0) is 15.6 Å². The van der Waals surface area contributed by atoms with E-state index in [9.17, 15) is 13.2 Å². The first kappa shape index (κ1) is 15.8. The third-order valence-electron chi connectivity index (χ3n) is 4.18. The van der Waals surface area contributed by atoms with Crippen molar-refractivity contribution in [3.05, 3.63) is 60.1 Å². The first-order chi connectivity index (χ1) is 11.1. The zero-order valence-electron chi connectivity index (χ0n) is 12.7. The third-order valence-corrected chi connectivity index (χ3v) is 6.40. The van der Waals surface area contributed by atoms with Gasteiger partial charge in [0, 0.05) is 13.1 Å². The van der Waals surface area contributed by atoms with Crippen molar-refractivity contribution in [1.82, 2.24) is 4.90 Å². The van der Waals surface area contributed by atoms with Crippen LogP contribution >= 0.6 is 0 Å². The minimum atomic E-state index is -3.20. The molecule has 0 aliphatic carbocycles. The molecule has 0 saturated carbocycles. The van der Waals surface area contributed by atoms with Gasteiger partial charge in [0.25, 0.3) is 5.91 Å². The van der Waals surface area contributed by atoms with Crippen molar-refractivity contribution in [2.45, 2.75) is 23.8 Å². The standard InChI is InChI=1S/C17H19NO4S/c19-17(16-7-4-12-22-16)18-10-8-15(9-11-18)23(20,21)13-14-5-2-1-3-6-14/h1-7,12,15H,8-11,13H2. The zero-order valence-corrected chi connectivity index (χ0v) is 13.5. The highest BCUT2D eigenvalue weighted by atomic mass is 32.2. The first-order valence-corrected chi connectivity index (χ1v) is 9.36. The molecule has 122 valence electrons. The topological polar surface area (TPSA) is 67.6 Å². The molecule has 2 aromatic rings. The van der Waals surface area contributed by atoms with Crippen LogP contribution < -0.4 is 0 Å². The van der Waals surface area contributed by atoms with Gasteiger partial charge >= 0.3 is 0 Å². The van der Waals surface area contributed by atoms with Crippen LogP contribution in [0.4, 0.5) is 0 Å². The lowest BCUT2D eigenvalue weighted by Gasteiger charge is -2.31. The molecule has 0 bridgehead atoms. The number of carbonyl (C=O) groups excluding carboxylic acids is 1. The predicted molar refractivity (Wildman–Crippen MR) is 86.7 cm³/mol. The minimum Gasteiger partial charge on any atom is -0.459 e. The van der Waals surface area contributed by atoms with E-state index in [4.69, 9.17) is 4.42 Å². The van der Waals surface area contributed by atoms with Gasteiger partial charge < -0.3 is 9.32 Å². The fraction of sp³-hybridized carbons (Fsp3) is 0.353. The van der Waals surface area contributed by atoms with Gasteiger partial charge in [-0.25, -0.2) is 8.42 Å². The lowest BCUT2D eigenvalue weighted by atomic mass is 10.1. The zero-order chi connectivity index (χ0) is 16.3. The number of benzene rings is 1. The summed E-state index contributed by atoms with van der Waals surface area (Å²) < 4.78 is 30.2. The fourth-order valence-electron chi connectivity index (χ4n) is 2.90. The van der Waals surface area contributed by atoms with Crippen LogP contribution in [0.3, 0.4) is 0 Å². The maximum absolute atomic E-state index is 12.5. The molecule has 1 amide bonds. The monoisotopic (exact) mass is 333 g/mol. The van der Waals surface area contributed by atoms with E-state index in [-0.39, 0.29) is 16.9 Å². The Morgan fingerprint density at radius 1 is 1.09 bits per heavy atom. The number of amides is 1. The molecule has 3 rings (SSSR count). The molecule has 1 saturated heterocycles. The number of nitrogens with zero attached hydrogens (tertiary/aromatic N) is 1. The molecular weight excluding hydrogens is 314 g/mol. The Hall–Kier alpha value is -2.08. The van der Waals surface area contributed by atoms with Gasteiger partial charge in [-0.1, -0.05) is 30.3 Å². The molecule has 1 fully saturated rings. The second kappa shape index (κ2) is 6.58. The van der Waals surface area contributed by atoms with Gasteiger partial charge in [-0.3, -0.25) is 4.79 Å². The highest BCUT2D eigenvalue weighted by molar-refractivity contribution is 7.91. The molecule has 1 aliphatic heterocycles. The summed E-state index contributed by atoms with van der Waals surface area (Å²) in [6.45, 7) is 0.885. The van der Waals surface area contributed by atoms with E-state index in [0.29, 0.717) is 31.7 Å². The van der Waals surface area contributed by atoms with Crippen LogP contribution in [0.25, 0.3) is 0 Å².